The van der Waals surface area contributed by atoms with Crippen molar-refractivity contribution < 1.29 is 10.2 Å². The van der Waals surface area contributed by atoms with E-state index < -0.39 is 5.79 Å². The smallest absolute Gasteiger partial charge is 0.196 e. The Balaban J connectivity index is 2.35. The highest BCUT2D eigenvalue weighted by molar-refractivity contribution is 5.28. The summed E-state index contributed by atoms with van der Waals surface area (Å²) in [5, 5.41) is 21.4. The molecule has 0 amide bonds. The van der Waals surface area contributed by atoms with Crippen LogP contribution < -0.4 is 0 Å². The monoisotopic (exact) mass is 270 g/mol. The second-order valence-corrected chi connectivity index (χ2v) is 5.20. The van der Waals surface area contributed by atoms with Crippen LogP contribution >= 0.6 is 0 Å². The highest BCUT2D eigenvalue weighted by atomic mass is 16.5. The lowest BCUT2D eigenvalue weighted by Crippen LogP contribution is -2.33. The molecule has 0 saturated carbocycles. The van der Waals surface area contributed by atoms with Crippen LogP contribution in [0.1, 0.15) is 43.2 Å². The summed E-state index contributed by atoms with van der Waals surface area (Å²) >= 11 is 0. The Hall–Kier alpha value is -1.64. The van der Waals surface area contributed by atoms with Gasteiger partial charge in [-0.1, -0.05) is 80.4 Å². The lowest BCUT2D eigenvalue weighted by atomic mass is 9.82. The van der Waals surface area contributed by atoms with Gasteiger partial charge in [-0.25, -0.2) is 0 Å². The van der Waals surface area contributed by atoms with Gasteiger partial charge in [-0.15, -0.1) is 0 Å². The number of unbranched alkanes of at least 4 members (excludes halogenated alkanes) is 1. The predicted octanol–water partition coefficient (Wildman–Crippen LogP) is 3.80. The van der Waals surface area contributed by atoms with Crippen LogP contribution in [0.4, 0.5) is 0 Å². The lowest BCUT2D eigenvalue weighted by molar-refractivity contribution is -0.190. The molecule has 0 aliphatic rings. The number of rotatable bonds is 6. The fraction of sp³-hybridized carbons (Fsp3) is 0.333. The summed E-state index contributed by atoms with van der Waals surface area (Å²) in [7, 11) is 0. The van der Waals surface area contributed by atoms with Crippen molar-refractivity contribution in [2.75, 3.05) is 0 Å². The molecule has 2 heteroatoms. The molecule has 2 rings (SSSR count). The molecule has 0 saturated heterocycles. The van der Waals surface area contributed by atoms with Gasteiger partial charge in [-0.3, -0.25) is 0 Å². The zero-order valence-electron chi connectivity index (χ0n) is 11.9. The van der Waals surface area contributed by atoms with E-state index in [1.807, 2.05) is 48.5 Å². The Morgan fingerprint density at radius 3 is 2.00 bits per heavy atom. The first-order valence-electron chi connectivity index (χ1n) is 7.21. The van der Waals surface area contributed by atoms with Crippen LogP contribution in [0.25, 0.3) is 0 Å². The summed E-state index contributed by atoms with van der Waals surface area (Å²) in [5.74, 6) is -2.15. The van der Waals surface area contributed by atoms with Gasteiger partial charge in [0.1, 0.15) is 0 Å². The van der Waals surface area contributed by atoms with Crippen molar-refractivity contribution in [2.24, 2.45) is 0 Å². The summed E-state index contributed by atoms with van der Waals surface area (Å²) in [6.45, 7) is 2.11. The first-order valence-corrected chi connectivity index (χ1v) is 7.21. The SMILES string of the molecule is CCCCC(c1ccccc1)C(O)(O)c1ccccc1. The van der Waals surface area contributed by atoms with Gasteiger partial charge in [0.25, 0.3) is 0 Å². The highest BCUT2D eigenvalue weighted by Gasteiger charge is 2.36. The molecule has 0 heterocycles. The third kappa shape index (κ3) is 3.27. The average molecular weight is 270 g/mol. The van der Waals surface area contributed by atoms with Crippen LogP contribution in [0.3, 0.4) is 0 Å². The maximum Gasteiger partial charge on any atom is 0.196 e. The van der Waals surface area contributed by atoms with Gasteiger partial charge in [0.05, 0.1) is 0 Å². The van der Waals surface area contributed by atoms with Crippen molar-refractivity contribution in [2.45, 2.75) is 37.9 Å². The molecule has 2 N–H and O–H groups in total. The molecule has 2 aromatic carbocycles. The van der Waals surface area contributed by atoms with Crippen LogP contribution in [-0.2, 0) is 5.79 Å². The van der Waals surface area contributed by atoms with Crippen molar-refractivity contribution in [3.8, 4) is 0 Å². The van der Waals surface area contributed by atoms with E-state index in [0.717, 1.165) is 24.8 Å². The highest BCUT2D eigenvalue weighted by Crippen LogP contribution is 2.38. The summed E-state index contributed by atoms with van der Waals surface area (Å²) < 4.78 is 0. The zero-order chi connectivity index (χ0) is 14.4. The van der Waals surface area contributed by atoms with Crippen LogP contribution in [0.5, 0.6) is 0 Å². The van der Waals surface area contributed by atoms with Crippen molar-refractivity contribution in [3.05, 3.63) is 71.8 Å². The molecule has 0 aliphatic heterocycles. The lowest BCUT2D eigenvalue weighted by Gasteiger charge is -2.32. The summed E-state index contributed by atoms with van der Waals surface area (Å²) in [6, 6.07) is 18.8. The molecule has 0 spiro atoms. The minimum Gasteiger partial charge on any atom is -0.361 e. The van der Waals surface area contributed by atoms with Gasteiger partial charge in [0.2, 0.25) is 0 Å². The topological polar surface area (TPSA) is 40.5 Å². The third-order valence-corrected chi connectivity index (χ3v) is 3.73. The Labute approximate surface area is 120 Å². The van der Waals surface area contributed by atoms with Crippen molar-refractivity contribution in [1.29, 1.82) is 0 Å². The molecule has 0 aliphatic carbocycles. The molecular formula is C18H22O2. The minimum atomic E-state index is -1.84. The first-order chi connectivity index (χ1) is 9.66. The number of hydrogen-bond donors (Lipinski definition) is 2. The summed E-state index contributed by atoms with van der Waals surface area (Å²) in [4.78, 5) is 0. The third-order valence-electron chi connectivity index (χ3n) is 3.73. The molecule has 0 fully saturated rings. The molecule has 0 radical (unpaired) electrons. The fourth-order valence-electron chi connectivity index (χ4n) is 2.58. The predicted molar refractivity (Wildman–Crippen MR) is 81.3 cm³/mol. The molecule has 1 unspecified atom stereocenters. The Bertz CT molecular complexity index is 505. The average Bonchev–Trinajstić information content (AvgIpc) is 2.49. The standard InChI is InChI=1S/C18H22O2/c1-2-3-14-17(15-10-6-4-7-11-15)18(19,20)16-12-8-5-9-13-16/h4-13,17,19-20H,2-3,14H2,1H3. The largest absolute Gasteiger partial charge is 0.361 e. The fourth-order valence-corrected chi connectivity index (χ4v) is 2.58. The maximum atomic E-state index is 10.7. The Kier molecular flexibility index (Phi) is 4.94. The molecule has 20 heavy (non-hydrogen) atoms. The molecule has 106 valence electrons. The van der Waals surface area contributed by atoms with Crippen LogP contribution in [0.2, 0.25) is 0 Å². The van der Waals surface area contributed by atoms with Gasteiger partial charge in [-0.2, -0.15) is 0 Å². The number of benzene rings is 2. The van der Waals surface area contributed by atoms with Gasteiger partial charge in [0.15, 0.2) is 5.79 Å². The van der Waals surface area contributed by atoms with Gasteiger partial charge in [0, 0.05) is 11.5 Å². The van der Waals surface area contributed by atoms with Crippen LogP contribution in [-0.4, -0.2) is 10.2 Å². The molecule has 1 atom stereocenters. The first kappa shape index (κ1) is 14.8. The van der Waals surface area contributed by atoms with E-state index in [1.54, 1.807) is 12.1 Å². The van der Waals surface area contributed by atoms with E-state index in [-0.39, 0.29) is 5.92 Å². The Morgan fingerprint density at radius 1 is 0.900 bits per heavy atom. The molecular weight excluding hydrogens is 248 g/mol. The summed E-state index contributed by atoms with van der Waals surface area (Å²) in [6.07, 6.45) is 2.76. The molecule has 2 aromatic rings. The Morgan fingerprint density at radius 2 is 1.45 bits per heavy atom. The second-order valence-electron chi connectivity index (χ2n) is 5.20. The number of hydrogen-bond acceptors (Lipinski definition) is 2. The van der Waals surface area contributed by atoms with Gasteiger partial charge >= 0.3 is 0 Å². The molecule has 0 aromatic heterocycles. The second kappa shape index (κ2) is 6.69. The van der Waals surface area contributed by atoms with Crippen molar-refractivity contribution in [3.63, 3.8) is 0 Å². The van der Waals surface area contributed by atoms with E-state index >= 15 is 0 Å². The van der Waals surface area contributed by atoms with E-state index in [2.05, 4.69) is 6.92 Å². The number of aliphatic hydroxyl groups is 2. The normalized spacial score (nSPS) is 13.2. The van der Waals surface area contributed by atoms with Crippen molar-refractivity contribution >= 4 is 0 Å². The zero-order valence-corrected chi connectivity index (χ0v) is 11.9. The van der Waals surface area contributed by atoms with E-state index in [9.17, 15) is 10.2 Å². The summed E-state index contributed by atoms with van der Waals surface area (Å²) in [5.41, 5.74) is 1.51. The van der Waals surface area contributed by atoms with Gasteiger partial charge in [-0.05, 0) is 12.0 Å². The van der Waals surface area contributed by atoms with Crippen molar-refractivity contribution in [1.82, 2.24) is 0 Å². The quantitative estimate of drug-likeness (QED) is 0.784. The van der Waals surface area contributed by atoms with E-state index in [0.29, 0.717) is 5.56 Å². The van der Waals surface area contributed by atoms with Crippen LogP contribution in [0, 0.1) is 0 Å². The molecule has 2 nitrogen and oxygen atoms in total. The maximum absolute atomic E-state index is 10.7. The molecule has 0 bridgehead atoms. The minimum absolute atomic E-state index is 0.314. The van der Waals surface area contributed by atoms with Gasteiger partial charge < -0.3 is 10.2 Å². The van der Waals surface area contributed by atoms with Crippen LogP contribution in [0.15, 0.2) is 60.7 Å². The van der Waals surface area contributed by atoms with E-state index in [4.69, 9.17) is 0 Å². The van der Waals surface area contributed by atoms with E-state index in [1.165, 1.54) is 0 Å².